The Labute approximate surface area is 220 Å². The van der Waals surface area contributed by atoms with Crippen LogP contribution in [0.15, 0.2) is 64.2 Å². The van der Waals surface area contributed by atoms with Crippen LogP contribution < -0.4 is 4.74 Å². The van der Waals surface area contributed by atoms with Gasteiger partial charge in [-0.1, -0.05) is 31.2 Å². The van der Waals surface area contributed by atoms with Gasteiger partial charge in [-0.2, -0.15) is 0 Å². The predicted molar refractivity (Wildman–Crippen MR) is 142 cm³/mol. The van der Waals surface area contributed by atoms with Gasteiger partial charge in [-0.25, -0.2) is 9.02 Å². The SMILES string of the molecule is COc1cccc(F)c1CN1C[C@@H](C)C[C@@H](CC(=O)c2ccc3c(c2)C(c2ccc4nonc4c2)=NC3)C1. The zero-order valence-corrected chi connectivity index (χ0v) is 21.5. The number of hydrogen-bond donors (Lipinski definition) is 0. The summed E-state index contributed by atoms with van der Waals surface area (Å²) in [6.07, 6.45) is 1.43. The van der Waals surface area contributed by atoms with Crippen molar-refractivity contribution in [3.8, 4) is 5.75 Å². The molecule has 0 radical (unpaired) electrons. The number of ketones is 1. The van der Waals surface area contributed by atoms with Crippen molar-refractivity contribution in [3.05, 3.63) is 88.2 Å². The van der Waals surface area contributed by atoms with Gasteiger partial charge < -0.3 is 4.74 Å². The number of aliphatic imine (C=N–C) groups is 1. The number of rotatable bonds is 7. The highest BCUT2D eigenvalue weighted by Gasteiger charge is 2.29. The molecule has 1 saturated heterocycles. The minimum absolute atomic E-state index is 0.123. The van der Waals surface area contributed by atoms with E-state index in [0.717, 1.165) is 41.9 Å². The molecule has 2 aliphatic rings. The summed E-state index contributed by atoms with van der Waals surface area (Å²) in [5, 5.41) is 7.81. The Balaban J connectivity index is 1.18. The van der Waals surface area contributed by atoms with Crippen LogP contribution in [0.1, 0.15) is 52.4 Å². The normalized spacial score (nSPS) is 19.4. The number of ether oxygens (including phenoxy) is 1. The number of benzene rings is 3. The minimum Gasteiger partial charge on any atom is -0.496 e. The lowest BCUT2D eigenvalue weighted by Gasteiger charge is -2.36. The third-order valence-electron chi connectivity index (χ3n) is 7.60. The van der Waals surface area contributed by atoms with Crippen LogP contribution >= 0.6 is 0 Å². The maximum Gasteiger partial charge on any atom is 0.163 e. The molecular formula is C30H29FN4O3. The fourth-order valence-corrected chi connectivity index (χ4v) is 5.90. The molecule has 6 rings (SSSR count). The lowest BCUT2D eigenvalue weighted by Crippen LogP contribution is -2.40. The zero-order chi connectivity index (χ0) is 26.2. The first-order valence-corrected chi connectivity index (χ1v) is 13.0. The average Bonchev–Trinajstić information content (AvgIpc) is 3.55. The van der Waals surface area contributed by atoms with Crippen LogP contribution in [0, 0.1) is 17.7 Å². The molecule has 0 N–H and O–H groups in total. The topological polar surface area (TPSA) is 80.8 Å². The van der Waals surface area contributed by atoms with Crippen molar-refractivity contribution in [1.82, 2.24) is 15.2 Å². The summed E-state index contributed by atoms with van der Waals surface area (Å²) in [6.45, 7) is 4.86. The molecule has 4 aromatic rings. The number of halogens is 1. The number of hydrogen-bond acceptors (Lipinski definition) is 7. The van der Waals surface area contributed by atoms with Gasteiger partial charge >= 0.3 is 0 Å². The van der Waals surface area contributed by atoms with E-state index < -0.39 is 0 Å². The van der Waals surface area contributed by atoms with Gasteiger partial charge in [0.15, 0.2) is 5.78 Å². The summed E-state index contributed by atoms with van der Waals surface area (Å²) in [7, 11) is 1.56. The highest BCUT2D eigenvalue weighted by molar-refractivity contribution is 6.17. The molecule has 7 nitrogen and oxygen atoms in total. The van der Waals surface area contributed by atoms with Gasteiger partial charge in [0.2, 0.25) is 0 Å². The van der Waals surface area contributed by atoms with E-state index in [1.54, 1.807) is 19.2 Å². The van der Waals surface area contributed by atoms with Crippen LogP contribution in [0.2, 0.25) is 0 Å². The average molecular weight is 513 g/mol. The first-order chi connectivity index (χ1) is 18.5. The van der Waals surface area contributed by atoms with E-state index in [2.05, 4.69) is 22.1 Å². The van der Waals surface area contributed by atoms with Crippen LogP contribution in [-0.2, 0) is 13.1 Å². The maximum absolute atomic E-state index is 14.6. The second-order valence-corrected chi connectivity index (χ2v) is 10.5. The van der Waals surface area contributed by atoms with E-state index in [0.29, 0.717) is 53.3 Å². The quantitative estimate of drug-likeness (QED) is 0.306. The fraction of sp³-hybridized carbons (Fsp3) is 0.333. The van der Waals surface area contributed by atoms with Gasteiger partial charge in [0, 0.05) is 48.3 Å². The molecule has 0 unspecified atom stereocenters. The Morgan fingerprint density at radius 2 is 1.97 bits per heavy atom. The monoisotopic (exact) mass is 512 g/mol. The van der Waals surface area contributed by atoms with E-state index in [9.17, 15) is 9.18 Å². The maximum atomic E-state index is 14.6. The molecule has 2 aliphatic heterocycles. The molecule has 1 aromatic heterocycles. The van der Waals surface area contributed by atoms with Crippen molar-refractivity contribution in [1.29, 1.82) is 0 Å². The molecule has 3 heterocycles. The molecule has 0 bridgehead atoms. The molecule has 0 saturated carbocycles. The molecule has 38 heavy (non-hydrogen) atoms. The van der Waals surface area contributed by atoms with Gasteiger partial charge in [-0.3, -0.25) is 14.7 Å². The number of aromatic nitrogens is 2. The molecule has 8 heteroatoms. The summed E-state index contributed by atoms with van der Waals surface area (Å²) in [6, 6.07) is 16.6. The van der Waals surface area contributed by atoms with Gasteiger partial charge in [0.25, 0.3) is 0 Å². The summed E-state index contributed by atoms with van der Waals surface area (Å²) < 4.78 is 24.8. The van der Waals surface area contributed by atoms with Crippen LogP contribution in [0.3, 0.4) is 0 Å². The molecule has 1 fully saturated rings. The molecular weight excluding hydrogens is 483 g/mol. The van der Waals surface area contributed by atoms with E-state index in [4.69, 9.17) is 14.4 Å². The smallest absolute Gasteiger partial charge is 0.163 e. The second kappa shape index (κ2) is 10.1. The summed E-state index contributed by atoms with van der Waals surface area (Å²) >= 11 is 0. The molecule has 3 aromatic carbocycles. The Bertz CT molecular complexity index is 1550. The number of fused-ring (bicyclic) bond motifs is 2. The second-order valence-electron chi connectivity index (χ2n) is 10.5. The Hall–Kier alpha value is -3.91. The number of piperidine rings is 1. The Kier molecular flexibility index (Phi) is 6.49. The largest absolute Gasteiger partial charge is 0.496 e. The number of carbonyl (C=O) groups is 1. The fourth-order valence-electron chi connectivity index (χ4n) is 5.90. The third-order valence-corrected chi connectivity index (χ3v) is 7.60. The Morgan fingerprint density at radius 3 is 2.84 bits per heavy atom. The summed E-state index contributed by atoms with van der Waals surface area (Å²) in [5.41, 5.74) is 6.51. The van der Waals surface area contributed by atoms with Gasteiger partial charge in [0.05, 0.1) is 19.4 Å². The lowest BCUT2D eigenvalue weighted by molar-refractivity contribution is 0.0856. The van der Waals surface area contributed by atoms with Crippen molar-refractivity contribution in [2.24, 2.45) is 16.8 Å². The number of likely N-dealkylation sites (tertiary alicyclic amines) is 1. The van der Waals surface area contributed by atoms with Crippen LogP contribution in [-0.4, -0.2) is 46.9 Å². The van der Waals surface area contributed by atoms with Crippen molar-refractivity contribution >= 4 is 22.5 Å². The Morgan fingerprint density at radius 1 is 1.11 bits per heavy atom. The van der Waals surface area contributed by atoms with E-state index in [1.165, 1.54) is 6.07 Å². The summed E-state index contributed by atoms with van der Waals surface area (Å²) in [5.74, 6) is 1.04. The first-order valence-electron chi connectivity index (χ1n) is 13.0. The van der Waals surface area contributed by atoms with Gasteiger partial charge in [-0.05, 0) is 64.5 Å². The van der Waals surface area contributed by atoms with Crippen molar-refractivity contribution in [3.63, 3.8) is 0 Å². The number of methoxy groups -OCH3 is 1. The van der Waals surface area contributed by atoms with Crippen LogP contribution in [0.4, 0.5) is 4.39 Å². The number of Topliss-reactive ketones (excluding diaryl/α,β-unsaturated/α-hetero) is 1. The van der Waals surface area contributed by atoms with Gasteiger partial charge in [0.1, 0.15) is 22.6 Å². The van der Waals surface area contributed by atoms with Gasteiger partial charge in [-0.15, -0.1) is 0 Å². The van der Waals surface area contributed by atoms with Crippen molar-refractivity contribution in [2.45, 2.75) is 32.9 Å². The number of nitrogens with zero attached hydrogens (tertiary/aromatic N) is 4. The molecule has 0 amide bonds. The van der Waals surface area contributed by atoms with E-state index in [1.807, 2.05) is 36.4 Å². The molecule has 194 valence electrons. The molecule has 2 atom stereocenters. The lowest BCUT2D eigenvalue weighted by atomic mass is 9.85. The molecule has 0 aliphatic carbocycles. The van der Waals surface area contributed by atoms with Crippen molar-refractivity contribution in [2.75, 3.05) is 20.2 Å². The summed E-state index contributed by atoms with van der Waals surface area (Å²) in [4.78, 5) is 20.4. The highest BCUT2D eigenvalue weighted by Crippen LogP contribution is 2.31. The van der Waals surface area contributed by atoms with Crippen LogP contribution in [0.25, 0.3) is 11.0 Å². The van der Waals surface area contributed by atoms with Crippen molar-refractivity contribution < 1.29 is 18.6 Å². The molecule has 0 spiro atoms. The highest BCUT2D eigenvalue weighted by atomic mass is 19.1. The number of carbonyl (C=O) groups excluding carboxylic acids is 1. The standard InChI is InChI=1S/C30H29FN4O3/c1-18-10-19(16-35(15-18)17-24-25(31)4-3-5-29(24)37-2)11-28(36)20-6-7-22-14-32-30(23(22)12-20)21-8-9-26-27(13-21)34-38-33-26/h3-9,12-13,18-19H,10-11,14-17H2,1-2H3/t18-,19-/m0/s1. The zero-order valence-electron chi connectivity index (χ0n) is 21.5. The first kappa shape index (κ1) is 24.4. The third kappa shape index (κ3) is 4.72. The van der Waals surface area contributed by atoms with E-state index >= 15 is 0 Å². The van der Waals surface area contributed by atoms with Crippen LogP contribution in [0.5, 0.6) is 5.75 Å². The predicted octanol–water partition coefficient (Wildman–Crippen LogP) is 5.45. The minimum atomic E-state index is -0.259. The van der Waals surface area contributed by atoms with E-state index in [-0.39, 0.29) is 17.5 Å².